The van der Waals surface area contributed by atoms with Crippen molar-refractivity contribution in [2.45, 2.75) is 0 Å². The molecule has 0 unspecified atom stereocenters. The van der Waals surface area contributed by atoms with E-state index < -0.39 is 6.73 Å². The lowest BCUT2D eigenvalue weighted by Crippen LogP contribution is -2.23. The molecule has 68 valence electrons. The monoisotopic (exact) mass is 179 g/mol. The number of nitrogens with one attached hydrogen (secondary N) is 1. The normalized spacial score (nSPS) is 9.31. The summed E-state index contributed by atoms with van der Waals surface area (Å²) in [5.41, 5.74) is 0.931. The first-order valence-corrected chi connectivity index (χ1v) is 3.72. The van der Waals surface area contributed by atoms with Gasteiger partial charge in [-0.3, -0.25) is 9.59 Å². The number of rotatable bonds is 3. The Morgan fingerprint density at radius 1 is 1.38 bits per heavy atom. The van der Waals surface area contributed by atoms with E-state index in [1.165, 1.54) is 12.1 Å². The molecule has 0 atom stereocenters. The summed E-state index contributed by atoms with van der Waals surface area (Å²) >= 11 is 0. The Labute approximate surface area is 75.2 Å². The first-order valence-electron chi connectivity index (χ1n) is 3.72. The van der Waals surface area contributed by atoms with Gasteiger partial charge in [-0.25, -0.2) is 0 Å². The third kappa shape index (κ3) is 2.38. The summed E-state index contributed by atoms with van der Waals surface area (Å²) in [6, 6.07) is 6.13. The standard InChI is InChI=1S/C9H9NO3/c11-5-7-1-3-8(4-2-7)9(13)10-6-12/h1-5,12H,6H2,(H,10,13). The summed E-state index contributed by atoms with van der Waals surface area (Å²) in [6.07, 6.45) is 0.702. The van der Waals surface area contributed by atoms with Crippen LogP contribution >= 0.6 is 0 Å². The second kappa shape index (κ2) is 4.37. The van der Waals surface area contributed by atoms with Gasteiger partial charge in [0.25, 0.3) is 5.91 Å². The minimum absolute atomic E-state index is 0.361. The van der Waals surface area contributed by atoms with Gasteiger partial charge in [-0.1, -0.05) is 12.1 Å². The van der Waals surface area contributed by atoms with E-state index in [4.69, 9.17) is 5.11 Å². The van der Waals surface area contributed by atoms with E-state index in [-0.39, 0.29) is 5.91 Å². The largest absolute Gasteiger partial charge is 0.376 e. The number of carbonyl (C=O) groups is 2. The average molecular weight is 179 g/mol. The summed E-state index contributed by atoms with van der Waals surface area (Å²) in [6.45, 7) is -0.395. The molecule has 0 saturated heterocycles. The van der Waals surface area contributed by atoms with Crippen molar-refractivity contribution in [2.75, 3.05) is 6.73 Å². The number of aliphatic hydroxyl groups excluding tert-OH is 1. The Balaban J connectivity index is 2.79. The number of amides is 1. The van der Waals surface area contributed by atoms with E-state index in [9.17, 15) is 9.59 Å². The Morgan fingerprint density at radius 2 is 2.00 bits per heavy atom. The molecule has 0 saturated carbocycles. The third-order valence-electron chi connectivity index (χ3n) is 1.55. The first-order chi connectivity index (χ1) is 6.27. The van der Waals surface area contributed by atoms with E-state index in [0.29, 0.717) is 17.4 Å². The quantitative estimate of drug-likeness (QED) is 0.513. The van der Waals surface area contributed by atoms with E-state index in [0.717, 1.165) is 0 Å². The van der Waals surface area contributed by atoms with Gasteiger partial charge in [0.1, 0.15) is 13.0 Å². The SMILES string of the molecule is O=Cc1ccc(C(=O)NCO)cc1. The van der Waals surface area contributed by atoms with Gasteiger partial charge in [0, 0.05) is 11.1 Å². The van der Waals surface area contributed by atoms with Crippen LogP contribution in [0.25, 0.3) is 0 Å². The van der Waals surface area contributed by atoms with Crippen LogP contribution in [0.15, 0.2) is 24.3 Å². The number of hydrogen-bond acceptors (Lipinski definition) is 3. The maximum Gasteiger partial charge on any atom is 0.253 e. The van der Waals surface area contributed by atoms with Gasteiger partial charge in [-0.2, -0.15) is 0 Å². The lowest BCUT2D eigenvalue weighted by Gasteiger charge is -2.00. The fourth-order valence-electron chi connectivity index (χ4n) is 0.887. The maximum absolute atomic E-state index is 11.1. The zero-order chi connectivity index (χ0) is 9.68. The number of carbonyl (C=O) groups excluding carboxylic acids is 2. The topological polar surface area (TPSA) is 66.4 Å². The lowest BCUT2D eigenvalue weighted by molar-refractivity contribution is 0.0909. The van der Waals surface area contributed by atoms with Crippen LogP contribution in [0.2, 0.25) is 0 Å². The minimum Gasteiger partial charge on any atom is -0.376 e. The van der Waals surface area contributed by atoms with Crippen molar-refractivity contribution in [3.8, 4) is 0 Å². The Bertz CT molecular complexity index is 305. The number of aldehydes is 1. The average Bonchev–Trinajstić information content (AvgIpc) is 2.18. The van der Waals surface area contributed by atoms with Crippen molar-refractivity contribution in [1.29, 1.82) is 0 Å². The van der Waals surface area contributed by atoms with Crippen LogP contribution in [0, 0.1) is 0 Å². The number of aliphatic hydroxyl groups is 1. The summed E-state index contributed by atoms with van der Waals surface area (Å²) < 4.78 is 0. The summed E-state index contributed by atoms with van der Waals surface area (Å²) in [5.74, 6) is -0.361. The second-order valence-electron chi connectivity index (χ2n) is 2.40. The van der Waals surface area contributed by atoms with Crippen molar-refractivity contribution >= 4 is 12.2 Å². The molecule has 0 aliphatic carbocycles. The minimum atomic E-state index is -0.395. The highest BCUT2D eigenvalue weighted by molar-refractivity contribution is 5.94. The zero-order valence-corrected chi connectivity index (χ0v) is 6.86. The molecule has 1 aromatic rings. The van der Waals surface area contributed by atoms with Crippen LogP contribution in [0.4, 0.5) is 0 Å². The highest BCUT2D eigenvalue weighted by Gasteiger charge is 2.02. The van der Waals surface area contributed by atoms with Crippen LogP contribution in [0.3, 0.4) is 0 Å². The smallest absolute Gasteiger partial charge is 0.253 e. The fourth-order valence-corrected chi connectivity index (χ4v) is 0.887. The van der Waals surface area contributed by atoms with Crippen LogP contribution < -0.4 is 5.32 Å². The maximum atomic E-state index is 11.1. The third-order valence-corrected chi connectivity index (χ3v) is 1.55. The van der Waals surface area contributed by atoms with Gasteiger partial charge < -0.3 is 10.4 Å². The molecule has 0 bridgehead atoms. The molecule has 0 radical (unpaired) electrons. The van der Waals surface area contributed by atoms with Crippen molar-refractivity contribution in [3.05, 3.63) is 35.4 Å². The van der Waals surface area contributed by atoms with Crippen molar-refractivity contribution in [3.63, 3.8) is 0 Å². The van der Waals surface area contributed by atoms with Gasteiger partial charge in [0.05, 0.1) is 0 Å². The molecule has 4 nitrogen and oxygen atoms in total. The Morgan fingerprint density at radius 3 is 2.46 bits per heavy atom. The van der Waals surface area contributed by atoms with Gasteiger partial charge in [0.2, 0.25) is 0 Å². The fraction of sp³-hybridized carbons (Fsp3) is 0.111. The molecule has 0 spiro atoms. The van der Waals surface area contributed by atoms with Gasteiger partial charge in [-0.05, 0) is 12.1 Å². The van der Waals surface area contributed by atoms with E-state index in [2.05, 4.69) is 5.32 Å². The molecule has 0 aliphatic rings. The Hall–Kier alpha value is -1.68. The van der Waals surface area contributed by atoms with Gasteiger partial charge in [-0.15, -0.1) is 0 Å². The predicted molar refractivity (Wildman–Crippen MR) is 46.4 cm³/mol. The zero-order valence-electron chi connectivity index (χ0n) is 6.86. The molecular formula is C9H9NO3. The molecule has 1 rings (SSSR count). The van der Waals surface area contributed by atoms with E-state index in [1.807, 2.05) is 0 Å². The predicted octanol–water partition coefficient (Wildman–Crippen LogP) is 0.179. The molecular weight excluding hydrogens is 170 g/mol. The van der Waals surface area contributed by atoms with Crippen molar-refractivity contribution in [1.82, 2.24) is 5.32 Å². The first kappa shape index (κ1) is 9.41. The molecule has 2 N–H and O–H groups in total. The second-order valence-corrected chi connectivity index (χ2v) is 2.40. The molecule has 0 aromatic heterocycles. The summed E-state index contributed by atoms with van der Waals surface area (Å²) in [5, 5.41) is 10.6. The summed E-state index contributed by atoms with van der Waals surface area (Å²) in [7, 11) is 0. The van der Waals surface area contributed by atoms with Gasteiger partial charge >= 0.3 is 0 Å². The Kier molecular flexibility index (Phi) is 3.16. The van der Waals surface area contributed by atoms with Crippen molar-refractivity contribution in [2.24, 2.45) is 0 Å². The molecule has 13 heavy (non-hydrogen) atoms. The van der Waals surface area contributed by atoms with Crippen molar-refractivity contribution < 1.29 is 14.7 Å². The van der Waals surface area contributed by atoms with Gasteiger partial charge in [0.15, 0.2) is 0 Å². The highest BCUT2D eigenvalue weighted by Crippen LogP contribution is 2.01. The molecule has 0 fully saturated rings. The molecule has 1 amide bonds. The number of hydrogen-bond donors (Lipinski definition) is 2. The van der Waals surface area contributed by atoms with E-state index in [1.54, 1.807) is 12.1 Å². The van der Waals surface area contributed by atoms with Crippen LogP contribution in [-0.4, -0.2) is 24.0 Å². The van der Waals surface area contributed by atoms with Crippen LogP contribution in [-0.2, 0) is 0 Å². The lowest BCUT2D eigenvalue weighted by atomic mass is 10.1. The van der Waals surface area contributed by atoms with E-state index >= 15 is 0 Å². The highest BCUT2D eigenvalue weighted by atomic mass is 16.3. The summed E-state index contributed by atoms with van der Waals surface area (Å²) in [4.78, 5) is 21.4. The molecule has 0 heterocycles. The molecule has 4 heteroatoms. The number of benzene rings is 1. The van der Waals surface area contributed by atoms with Crippen LogP contribution in [0.1, 0.15) is 20.7 Å². The van der Waals surface area contributed by atoms with Crippen LogP contribution in [0.5, 0.6) is 0 Å². The molecule has 0 aliphatic heterocycles. The molecule has 1 aromatic carbocycles.